The van der Waals surface area contributed by atoms with Crippen molar-refractivity contribution in [1.82, 2.24) is 4.48 Å². The van der Waals surface area contributed by atoms with E-state index in [2.05, 4.69) is 61.9 Å². The summed E-state index contributed by atoms with van der Waals surface area (Å²) < 4.78 is 5.64. The number of hydrogen-bond donors (Lipinski definition) is 0. The van der Waals surface area contributed by atoms with Gasteiger partial charge >= 0.3 is 6.42 Å². The van der Waals surface area contributed by atoms with Crippen molar-refractivity contribution >= 4 is 12.1 Å². The van der Waals surface area contributed by atoms with E-state index in [1.54, 1.807) is 11.4 Å². The normalized spacial score (nSPS) is 24.7. The molecule has 0 saturated heterocycles. The molecule has 1 aromatic heterocycles. The first-order valence-electron chi connectivity index (χ1n) is 9.92. The van der Waals surface area contributed by atoms with E-state index in [4.69, 9.17) is 0 Å². The lowest BCUT2D eigenvalue weighted by Gasteiger charge is -2.48. The lowest BCUT2D eigenvalue weighted by atomic mass is 9.37. The predicted molar refractivity (Wildman–Crippen MR) is 102 cm³/mol. The molecule has 3 heteroatoms. The SMILES string of the molecule is CCCC[B-]1(CCCC)n2cccc2C[C@H]2[N+]1=C(C)CC2(C)C. The third-order valence-electron chi connectivity index (χ3n) is 6.74. The van der Waals surface area contributed by atoms with Gasteiger partial charge in [0, 0.05) is 25.2 Å². The van der Waals surface area contributed by atoms with Crippen LogP contribution in [0, 0.1) is 5.41 Å². The summed E-state index contributed by atoms with van der Waals surface area (Å²) in [6.45, 7) is 12.1. The van der Waals surface area contributed by atoms with E-state index in [1.807, 2.05) is 0 Å². The minimum absolute atomic E-state index is 0.408. The molecule has 2 aliphatic rings. The Hall–Kier alpha value is -0.985. The van der Waals surface area contributed by atoms with E-state index in [-0.39, 0.29) is 0 Å². The summed E-state index contributed by atoms with van der Waals surface area (Å²) in [4.78, 5) is 0. The van der Waals surface area contributed by atoms with Crippen LogP contribution in [0.15, 0.2) is 18.3 Å². The Labute approximate surface area is 142 Å². The largest absolute Gasteiger partial charge is 0.465 e. The van der Waals surface area contributed by atoms with Crippen LogP contribution in [0.1, 0.15) is 72.4 Å². The molecule has 128 valence electrons. The molecule has 2 aliphatic heterocycles. The van der Waals surface area contributed by atoms with Crippen LogP contribution in [-0.2, 0) is 6.42 Å². The fourth-order valence-corrected chi connectivity index (χ4v) is 5.80. The third-order valence-corrected chi connectivity index (χ3v) is 6.74. The molecule has 0 N–H and O–H groups in total. The summed E-state index contributed by atoms with van der Waals surface area (Å²) in [6.07, 6.45) is 12.2. The molecule has 0 radical (unpaired) electrons. The number of unbranched alkanes of at least 4 members (excludes halogenated alkanes) is 2. The Morgan fingerprint density at radius 2 is 1.87 bits per heavy atom. The number of rotatable bonds is 6. The van der Waals surface area contributed by atoms with Crippen LogP contribution in [0.25, 0.3) is 0 Å². The smallest absolute Gasteiger partial charge is 0.372 e. The quantitative estimate of drug-likeness (QED) is 0.637. The highest BCUT2D eigenvalue weighted by Crippen LogP contribution is 2.44. The molecule has 3 heterocycles. The van der Waals surface area contributed by atoms with Crippen molar-refractivity contribution in [3.05, 3.63) is 24.0 Å². The zero-order valence-corrected chi connectivity index (χ0v) is 15.9. The lowest BCUT2D eigenvalue weighted by Crippen LogP contribution is -2.63. The van der Waals surface area contributed by atoms with Crippen LogP contribution in [0.5, 0.6) is 0 Å². The van der Waals surface area contributed by atoms with Crippen LogP contribution in [-0.4, -0.2) is 27.1 Å². The van der Waals surface area contributed by atoms with Gasteiger partial charge in [-0.3, -0.25) is 0 Å². The third kappa shape index (κ3) is 2.60. The van der Waals surface area contributed by atoms with Gasteiger partial charge in [-0.25, -0.2) is 0 Å². The van der Waals surface area contributed by atoms with Crippen molar-refractivity contribution in [3.8, 4) is 0 Å². The Kier molecular flexibility index (Phi) is 4.50. The molecule has 0 amide bonds. The second kappa shape index (κ2) is 6.14. The Morgan fingerprint density at radius 3 is 2.48 bits per heavy atom. The van der Waals surface area contributed by atoms with E-state index in [0.717, 1.165) is 0 Å². The van der Waals surface area contributed by atoms with Crippen LogP contribution >= 0.6 is 0 Å². The highest BCUT2D eigenvalue weighted by Gasteiger charge is 2.55. The van der Waals surface area contributed by atoms with Crippen molar-refractivity contribution in [1.29, 1.82) is 0 Å². The maximum atomic E-state index is 2.93. The zero-order chi connectivity index (χ0) is 16.7. The molecule has 0 aliphatic carbocycles. The van der Waals surface area contributed by atoms with Crippen LogP contribution < -0.4 is 0 Å². The highest BCUT2D eigenvalue weighted by molar-refractivity contribution is 6.71. The second-order valence-electron chi connectivity index (χ2n) is 8.85. The Morgan fingerprint density at radius 1 is 1.22 bits per heavy atom. The van der Waals surface area contributed by atoms with Gasteiger partial charge in [0.15, 0.2) is 0 Å². The van der Waals surface area contributed by atoms with E-state index in [9.17, 15) is 0 Å². The molecule has 3 rings (SSSR count). The van der Waals surface area contributed by atoms with Gasteiger partial charge in [-0.15, -0.1) is 0 Å². The topological polar surface area (TPSA) is 7.94 Å². The number of fused-ring (bicyclic) bond motifs is 2. The predicted octanol–water partition coefficient (Wildman–Crippen LogP) is 5.21. The van der Waals surface area contributed by atoms with E-state index >= 15 is 0 Å². The van der Waals surface area contributed by atoms with Crippen molar-refractivity contribution in [3.63, 3.8) is 0 Å². The standard InChI is InChI=1S/C20H35BN2/c1-6-8-12-21(13-9-7-2)22-14-10-11-18(22)15-19-20(4,5)16-17(3)23(19)21/h10-11,14,19H,6-9,12-13,15-16H2,1-5H3/t19-/m1/s1. The molecular formula is C20H35BN2. The van der Waals surface area contributed by atoms with E-state index in [0.29, 0.717) is 11.5 Å². The molecule has 0 bridgehead atoms. The molecule has 1 atom stereocenters. The number of hydrogen-bond acceptors (Lipinski definition) is 0. The molecule has 0 aromatic carbocycles. The molecule has 23 heavy (non-hydrogen) atoms. The number of aromatic nitrogens is 1. The highest BCUT2D eigenvalue weighted by atomic mass is 15.2. The fraction of sp³-hybridized carbons (Fsp3) is 0.750. The van der Waals surface area contributed by atoms with Gasteiger partial charge in [0.25, 0.3) is 0 Å². The monoisotopic (exact) mass is 314 g/mol. The van der Waals surface area contributed by atoms with Crippen LogP contribution in [0.2, 0.25) is 12.6 Å². The van der Waals surface area contributed by atoms with Crippen molar-refractivity contribution in [2.45, 2.75) is 91.8 Å². The second-order valence-corrected chi connectivity index (χ2v) is 8.85. The summed E-state index contributed by atoms with van der Waals surface area (Å²) in [5.74, 6) is 0. The van der Waals surface area contributed by atoms with Crippen molar-refractivity contribution in [2.75, 3.05) is 0 Å². The minimum Gasteiger partial charge on any atom is -0.465 e. The average Bonchev–Trinajstić information content (AvgIpc) is 3.06. The van der Waals surface area contributed by atoms with Gasteiger partial charge in [-0.2, -0.15) is 0 Å². The summed E-state index contributed by atoms with van der Waals surface area (Å²) in [5, 5.41) is 0. The molecular weight excluding hydrogens is 279 g/mol. The van der Waals surface area contributed by atoms with Gasteiger partial charge in [0.1, 0.15) is 6.04 Å². The average molecular weight is 314 g/mol. The summed E-state index contributed by atoms with van der Waals surface area (Å²) in [7, 11) is 0. The number of nitrogens with zero attached hydrogens (tertiary/aromatic N) is 2. The zero-order valence-electron chi connectivity index (χ0n) is 15.9. The first-order chi connectivity index (χ1) is 11.0. The summed E-state index contributed by atoms with van der Waals surface area (Å²) >= 11 is 0. The Bertz CT molecular complexity index is 589. The fourth-order valence-electron chi connectivity index (χ4n) is 5.80. The van der Waals surface area contributed by atoms with Gasteiger partial charge in [0.05, 0.1) is 5.71 Å². The van der Waals surface area contributed by atoms with Crippen molar-refractivity contribution < 1.29 is 4.49 Å². The van der Waals surface area contributed by atoms with Crippen LogP contribution in [0.4, 0.5) is 0 Å². The van der Waals surface area contributed by atoms with E-state index < -0.39 is 6.42 Å². The maximum absolute atomic E-state index is 2.93. The van der Waals surface area contributed by atoms with Gasteiger partial charge in [-0.1, -0.05) is 66.0 Å². The van der Waals surface area contributed by atoms with Gasteiger partial charge in [0.2, 0.25) is 0 Å². The molecule has 0 saturated carbocycles. The minimum atomic E-state index is -0.646. The summed E-state index contributed by atoms with van der Waals surface area (Å²) in [6, 6.07) is 5.36. The maximum Gasteiger partial charge on any atom is 0.372 e. The summed E-state index contributed by atoms with van der Waals surface area (Å²) in [5.41, 5.74) is 3.64. The van der Waals surface area contributed by atoms with E-state index in [1.165, 1.54) is 51.2 Å². The van der Waals surface area contributed by atoms with Gasteiger partial charge < -0.3 is 8.96 Å². The molecule has 0 spiro atoms. The van der Waals surface area contributed by atoms with Crippen LogP contribution in [0.3, 0.4) is 0 Å². The molecule has 0 fully saturated rings. The first kappa shape index (κ1) is 16.9. The first-order valence-corrected chi connectivity index (χ1v) is 9.92. The molecule has 2 nitrogen and oxygen atoms in total. The lowest BCUT2D eigenvalue weighted by molar-refractivity contribution is -0.463. The Balaban J connectivity index is 2.14. The molecule has 0 unspecified atom stereocenters. The van der Waals surface area contributed by atoms with Crippen molar-refractivity contribution in [2.24, 2.45) is 5.41 Å². The van der Waals surface area contributed by atoms with Gasteiger partial charge in [-0.05, 0) is 24.0 Å². The molecule has 1 aromatic rings.